The van der Waals surface area contributed by atoms with E-state index in [-0.39, 0.29) is 6.61 Å². The number of rotatable bonds is 10. The van der Waals surface area contributed by atoms with E-state index in [9.17, 15) is 5.11 Å². The van der Waals surface area contributed by atoms with E-state index in [0.717, 1.165) is 11.3 Å². The van der Waals surface area contributed by atoms with E-state index >= 15 is 0 Å². The molecule has 0 spiro atoms. The van der Waals surface area contributed by atoms with Gasteiger partial charge in [0.05, 0.1) is 13.2 Å². The van der Waals surface area contributed by atoms with Gasteiger partial charge in [0.1, 0.15) is 18.5 Å². The van der Waals surface area contributed by atoms with Crippen molar-refractivity contribution in [2.75, 3.05) is 19.8 Å². The number of aliphatic hydroxyl groups is 1. The summed E-state index contributed by atoms with van der Waals surface area (Å²) in [6.07, 6.45) is 1.22. The zero-order valence-corrected chi connectivity index (χ0v) is 12.3. The lowest BCUT2D eigenvalue weighted by atomic mass is 10.2. The summed E-state index contributed by atoms with van der Waals surface area (Å²) in [5, 5.41) is 12.9. The highest BCUT2D eigenvalue weighted by Crippen LogP contribution is 2.13. The molecule has 0 saturated heterocycles. The predicted molar refractivity (Wildman–Crippen MR) is 80.9 cm³/mol. The number of hydrogen-bond acceptors (Lipinski definition) is 4. The lowest BCUT2D eigenvalue weighted by Gasteiger charge is -2.15. The largest absolute Gasteiger partial charge is 0.491 e. The molecule has 0 aliphatic heterocycles. The second-order valence-corrected chi connectivity index (χ2v) is 4.98. The Kier molecular flexibility index (Phi) is 7.95. The normalized spacial score (nSPS) is 12.4. The summed E-state index contributed by atoms with van der Waals surface area (Å²) < 4.78 is 10.9. The maximum atomic E-state index is 9.74. The average Bonchev–Trinajstić information content (AvgIpc) is 2.44. The molecule has 2 N–H and O–H groups in total. The molecule has 112 valence electrons. The summed E-state index contributed by atoms with van der Waals surface area (Å²) in [6, 6.07) is 8.04. The second-order valence-electron chi connectivity index (χ2n) is 4.98. The molecule has 1 aromatic carbocycles. The second kappa shape index (κ2) is 9.53. The van der Waals surface area contributed by atoms with Gasteiger partial charge < -0.3 is 19.9 Å². The molecule has 1 unspecified atom stereocenters. The summed E-state index contributed by atoms with van der Waals surface area (Å²) in [6.45, 7) is 9.61. The third kappa shape index (κ3) is 7.28. The van der Waals surface area contributed by atoms with E-state index in [1.165, 1.54) is 0 Å². The molecule has 4 nitrogen and oxygen atoms in total. The number of benzene rings is 1. The molecular formula is C16H25NO3. The molecule has 0 amide bonds. The van der Waals surface area contributed by atoms with E-state index in [4.69, 9.17) is 9.47 Å². The smallest absolute Gasteiger partial charge is 0.119 e. The Labute approximate surface area is 121 Å². The van der Waals surface area contributed by atoms with Crippen molar-refractivity contribution in [2.24, 2.45) is 0 Å². The quantitative estimate of drug-likeness (QED) is 0.509. The van der Waals surface area contributed by atoms with Crippen molar-refractivity contribution in [2.45, 2.75) is 32.6 Å². The van der Waals surface area contributed by atoms with Gasteiger partial charge in [-0.05, 0) is 17.7 Å². The zero-order valence-electron chi connectivity index (χ0n) is 12.3. The summed E-state index contributed by atoms with van der Waals surface area (Å²) in [5.74, 6) is 0.751. The van der Waals surface area contributed by atoms with Crippen LogP contribution in [0.5, 0.6) is 5.75 Å². The molecule has 20 heavy (non-hydrogen) atoms. The van der Waals surface area contributed by atoms with Crippen molar-refractivity contribution in [3.05, 3.63) is 42.5 Å². The Morgan fingerprint density at radius 1 is 1.30 bits per heavy atom. The molecule has 0 aliphatic carbocycles. The first-order valence-electron chi connectivity index (χ1n) is 6.93. The van der Waals surface area contributed by atoms with Crippen molar-refractivity contribution in [3.63, 3.8) is 0 Å². The lowest BCUT2D eigenvalue weighted by molar-refractivity contribution is 0.104. The lowest BCUT2D eigenvalue weighted by Crippen LogP contribution is -2.35. The number of hydrogen-bond donors (Lipinski definition) is 2. The van der Waals surface area contributed by atoms with Gasteiger partial charge in [-0.3, -0.25) is 0 Å². The van der Waals surface area contributed by atoms with E-state index in [2.05, 4.69) is 11.9 Å². The Morgan fingerprint density at radius 2 is 2.00 bits per heavy atom. The van der Waals surface area contributed by atoms with Crippen molar-refractivity contribution in [1.29, 1.82) is 0 Å². The fourth-order valence-electron chi connectivity index (χ4n) is 1.57. The van der Waals surface area contributed by atoms with Crippen LogP contribution in [0.15, 0.2) is 36.9 Å². The van der Waals surface area contributed by atoms with Gasteiger partial charge >= 0.3 is 0 Å². The third-order valence-electron chi connectivity index (χ3n) is 2.63. The summed E-state index contributed by atoms with van der Waals surface area (Å²) in [5.41, 5.74) is 1.08. The Morgan fingerprint density at radius 3 is 2.60 bits per heavy atom. The molecule has 0 aliphatic rings. The number of nitrogens with one attached hydrogen (secondary N) is 1. The summed E-state index contributed by atoms with van der Waals surface area (Å²) in [4.78, 5) is 0. The zero-order chi connectivity index (χ0) is 14.8. The van der Waals surface area contributed by atoms with Crippen LogP contribution in [0.1, 0.15) is 19.4 Å². The highest BCUT2D eigenvalue weighted by atomic mass is 16.5. The molecule has 1 rings (SSSR count). The number of aliphatic hydroxyl groups excluding tert-OH is 1. The molecule has 0 heterocycles. The van der Waals surface area contributed by atoms with E-state index in [0.29, 0.717) is 25.8 Å². The maximum absolute atomic E-state index is 9.74. The summed E-state index contributed by atoms with van der Waals surface area (Å²) in [7, 11) is 0. The van der Waals surface area contributed by atoms with Gasteiger partial charge in [-0.1, -0.05) is 32.1 Å². The first-order valence-corrected chi connectivity index (χ1v) is 6.93. The van der Waals surface area contributed by atoms with Crippen LogP contribution in [-0.4, -0.2) is 37.0 Å². The van der Waals surface area contributed by atoms with Crippen molar-refractivity contribution < 1.29 is 14.6 Å². The summed E-state index contributed by atoms with van der Waals surface area (Å²) >= 11 is 0. The van der Waals surface area contributed by atoms with Gasteiger partial charge in [0.2, 0.25) is 0 Å². The average molecular weight is 279 g/mol. The van der Waals surface area contributed by atoms with Gasteiger partial charge in [0.25, 0.3) is 0 Å². The van der Waals surface area contributed by atoms with Gasteiger partial charge in [0.15, 0.2) is 0 Å². The van der Waals surface area contributed by atoms with Crippen molar-refractivity contribution in [1.82, 2.24) is 5.32 Å². The van der Waals surface area contributed by atoms with Crippen molar-refractivity contribution in [3.8, 4) is 5.75 Å². The van der Waals surface area contributed by atoms with Crippen LogP contribution in [0.3, 0.4) is 0 Å². The first-order chi connectivity index (χ1) is 9.61. The van der Waals surface area contributed by atoms with Gasteiger partial charge in [-0.2, -0.15) is 0 Å². The van der Waals surface area contributed by atoms with Crippen LogP contribution >= 0.6 is 0 Å². The molecule has 0 aromatic heterocycles. The molecule has 4 heteroatoms. The minimum absolute atomic E-state index is 0.284. The highest BCUT2D eigenvalue weighted by Gasteiger charge is 2.05. The molecule has 1 atom stereocenters. The Balaban J connectivity index is 2.28. The van der Waals surface area contributed by atoms with E-state index in [1.807, 2.05) is 38.1 Å². The Hall–Kier alpha value is -1.36. The monoisotopic (exact) mass is 279 g/mol. The maximum Gasteiger partial charge on any atom is 0.119 e. The minimum Gasteiger partial charge on any atom is -0.491 e. The Bertz CT molecular complexity index is 376. The standard InChI is InChI=1S/C16H25NO3/c1-4-9-19-11-14-5-7-16(8-6-14)20-12-15(18)10-17-13(2)3/h4-8,13,15,17-18H,1,9-12H2,2-3H3. The molecule has 0 fully saturated rings. The van der Waals surface area contributed by atoms with Crippen LogP contribution in [0.4, 0.5) is 0 Å². The van der Waals surface area contributed by atoms with Gasteiger partial charge in [-0.15, -0.1) is 6.58 Å². The van der Waals surface area contributed by atoms with Crippen LogP contribution in [-0.2, 0) is 11.3 Å². The van der Waals surface area contributed by atoms with Gasteiger partial charge in [-0.25, -0.2) is 0 Å². The predicted octanol–water partition coefficient (Wildman–Crippen LogP) is 2.13. The number of ether oxygens (including phenoxy) is 2. The van der Waals surface area contributed by atoms with E-state index in [1.54, 1.807) is 6.08 Å². The van der Waals surface area contributed by atoms with Crippen LogP contribution in [0.25, 0.3) is 0 Å². The molecule has 1 aromatic rings. The molecule has 0 radical (unpaired) electrons. The van der Waals surface area contributed by atoms with Crippen LogP contribution in [0, 0.1) is 0 Å². The van der Waals surface area contributed by atoms with Crippen LogP contribution < -0.4 is 10.1 Å². The van der Waals surface area contributed by atoms with Crippen molar-refractivity contribution >= 4 is 0 Å². The third-order valence-corrected chi connectivity index (χ3v) is 2.63. The molecule has 0 saturated carbocycles. The fourth-order valence-corrected chi connectivity index (χ4v) is 1.57. The van der Waals surface area contributed by atoms with Gasteiger partial charge in [0, 0.05) is 12.6 Å². The van der Waals surface area contributed by atoms with Crippen LogP contribution in [0.2, 0.25) is 0 Å². The first kappa shape index (κ1) is 16.7. The molecule has 0 bridgehead atoms. The van der Waals surface area contributed by atoms with E-state index < -0.39 is 6.10 Å². The minimum atomic E-state index is -0.506. The SMILES string of the molecule is C=CCOCc1ccc(OCC(O)CNC(C)C)cc1. The molecular weight excluding hydrogens is 254 g/mol. The highest BCUT2D eigenvalue weighted by molar-refractivity contribution is 5.26. The fraction of sp³-hybridized carbons (Fsp3) is 0.500. The topological polar surface area (TPSA) is 50.7 Å².